The van der Waals surface area contributed by atoms with Gasteiger partial charge in [-0.3, -0.25) is 14.4 Å². The first kappa shape index (κ1) is 27.9. The molecule has 0 aliphatic rings. The van der Waals surface area contributed by atoms with Crippen LogP contribution in [0.1, 0.15) is 74.3 Å². The number of nitrogens with two attached hydrogens (primary N) is 1. The van der Waals surface area contributed by atoms with Crippen LogP contribution in [0.25, 0.3) is 0 Å². The second-order valence-electron chi connectivity index (χ2n) is 7.95. The first-order chi connectivity index (χ1) is 16.5. The minimum Gasteiger partial charge on any atom is -0.379 e. The quantitative estimate of drug-likeness (QED) is 0.242. The average molecular weight is 489 g/mol. The van der Waals surface area contributed by atoms with Gasteiger partial charge in [-0.1, -0.05) is 38.3 Å². The summed E-state index contributed by atoms with van der Waals surface area (Å²) < 4.78 is 11.0. The highest BCUT2D eigenvalue weighted by Crippen LogP contribution is 2.19. The van der Waals surface area contributed by atoms with E-state index in [0.29, 0.717) is 54.5 Å². The second-order valence-corrected chi connectivity index (χ2v) is 9.04. The Morgan fingerprint density at radius 2 is 1.53 bits per heavy atom. The van der Waals surface area contributed by atoms with Crippen LogP contribution in [-0.4, -0.2) is 57.0 Å². The minimum atomic E-state index is -0.160. The van der Waals surface area contributed by atoms with Crippen molar-refractivity contribution in [2.24, 2.45) is 5.73 Å². The maximum absolute atomic E-state index is 12.4. The van der Waals surface area contributed by atoms with Crippen LogP contribution in [0, 0.1) is 0 Å². The molecule has 0 atom stereocenters. The molecular formula is C26H36N2O5S. The zero-order valence-corrected chi connectivity index (χ0v) is 20.8. The van der Waals surface area contributed by atoms with E-state index < -0.39 is 0 Å². The lowest BCUT2D eigenvalue weighted by molar-refractivity contribution is 0.0468. The molecule has 1 amide bonds. The monoisotopic (exact) mass is 488 g/mol. The smallest absolute Gasteiger partial charge is 0.251 e. The third kappa shape index (κ3) is 10.3. The van der Waals surface area contributed by atoms with Gasteiger partial charge in [-0.15, -0.1) is 11.3 Å². The molecule has 0 fully saturated rings. The molecule has 34 heavy (non-hydrogen) atoms. The number of unbranched alkanes of at least 4 members (excludes halogenated alkanes) is 3. The first-order valence-corrected chi connectivity index (χ1v) is 12.8. The number of hydrogen-bond donors (Lipinski definition) is 2. The van der Waals surface area contributed by atoms with E-state index in [2.05, 4.69) is 12.2 Å². The summed E-state index contributed by atoms with van der Waals surface area (Å²) in [6.45, 7) is 4.86. The number of carbonyl (C=O) groups excluding carboxylic acids is 3. The number of hydrogen-bond acceptors (Lipinski definition) is 7. The Labute approximate surface area is 206 Å². The number of ether oxygens (including phenoxy) is 2. The zero-order valence-electron chi connectivity index (χ0n) is 20.0. The maximum atomic E-state index is 12.4. The van der Waals surface area contributed by atoms with E-state index in [1.165, 1.54) is 30.6 Å². The lowest BCUT2D eigenvalue weighted by Crippen LogP contribution is -2.27. The lowest BCUT2D eigenvalue weighted by Gasteiger charge is -2.08. The number of ketones is 2. The Morgan fingerprint density at radius 1 is 0.853 bits per heavy atom. The zero-order chi connectivity index (χ0) is 24.6. The van der Waals surface area contributed by atoms with Crippen molar-refractivity contribution >= 4 is 28.8 Å². The van der Waals surface area contributed by atoms with E-state index in [0.717, 1.165) is 18.6 Å². The number of carbonyl (C=O) groups is 3. The van der Waals surface area contributed by atoms with Crippen molar-refractivity contribution in [2.75, 3.05) is 39.5 Å². The van der Waals surface area contributed by atoms with Crippen molar-refractivity contribution in [1.82, 2.24) is 5.32 Å². The Hall–Kier alpha value is -2.39. The van der Waals surface area contributed by atoms with Crippen LogP contribution < -0.4 is 11.1 Å². The molecule has 186 valence electrons. The van der Waals surface area contributed by atoms with E-state index in [4.69, 9.17) is 15.2 Å². The Bertz CT molecular complexity index is 895. The number of nitrogens with one attached hydrogen (secondary N) is 1. The van der Waals surface area contributed by atoms with Gasteiger partial charge in [-0.05, 0) is 42.7 Å². The summed E-state index contributed by atoms with van der Waals surface area (Å²) in [5.41, 5.74) is 6.90. The molecule has 1 heterocycles. The molecule has 3 N–H and O–H groups in total. The van der Waals surface area contributed by atoms with Gasteiger partial charge in [0.1, 0.15) is 0 Å². The van der Waals surface area contributed by atoms with Gasteiger partial charge >= 0.3 is 0 Å². The number of amides is 1. The van der Waals surface area contributed by atoms with Gasteiger partial charge in [0.2, 0.25) is 0 Å². The maximum Gasteiger partial charge on any atom is 0.251 e. The second kappa shape index (κ2) is 16.3. The SMILES string of the molecule is CCCCCCOCCOCCNC(=O)c1ccc(CCC(=O)c2ccc(C(=O)CN)s2)cc1. The molecule has 0 saturated carbocycles. The largest absolute Gasteiger partial charge is 0.379 e. The predicted octanol–water partition coefficient (Wildman–Crippen LogP) is 4.05. The van der Waals surface area contributed by atoms with Crippen molar-refractivity contribution in [3.8, 4) is 0 Å². The fourth-order valence-electron chi connectivity index (χ4n) is 3.23. The Balaban J connectivity index is 1.60. The molecule has 0 saturated heterocycles. The van der Waals surface area contributed by atoms with Crippen LogP contribution in [-0.2, 0) is 15.9 Å². The van der Waals surface area contributed by atoms with E-state index in [-0.39, 0.29) is 24.0 Å². The fraction of sp³-hybridized carbons (Fsp3) is 0.500. The van der Waals surface area contributed by atoms with Gasteiger partial charge in [0.15, 0.2) is 11.6 Å². The molecule has 7 nitrogen and oxygen atoms in total. The summed E-state index contributed by atoms with van der Waals surface area (Å²) in [5, 5.41) is 2.84. The van der Waals surface area contributed by atoms with Crippen LogP contribution in [0.15, 0.2) is 36.4 Å². The molecule has 2 rings (SSSR count). The number of aryl methyl sites for hydroxylation is 1. The molecule has 8 heteroatoms. The van der Waals surface area contributed by atoms with Gasteiger partial charge in [0.25, 0.3) is 5.91 Å². The minimum absolute atomic E-state index is 0.00946. The van der Waals surface area contributed by atoms with Crippen LogP contribution in [0.4, 0.5) is 0 Å². The topological polar surface area (TPSA) is 108 Å². The number of thiophene rings is 1. The molecule has 0 radical (unpaired) electrons. The van der Waals surface area contributed by atoms with Gasteiger partial charge in [-0.2, -0.15) is 0 Å². The summed E-state index contributed by atoms with van der Waals surface area (Å²) in [7, 11) is 0. The molecule has 0 spiro atoms. The molecule has 1 aromatic heterocycles. The van der Waals surface area contributed by atoms with Crippen molar-refractivity contribution < 1.29 is 23.9 Å². The van der Waals surface area contributed by atoms with Crippen LogP contribution in [0.3, 0.4) is 0 Å². The Kier molecular flexibility index (Phi) is 13.3. The standard InChI is InChI=1S/C26H36N2O5S/c1-2-3-4-5-15-32-17-18-33-16-14-28-26(31)21-9-6-20(7-10-21)8-11-22(29)24-12-13-25(34-24)23(30)19-27/h6-7,9-10,12-13H,2-5,8,11,14-19,27H2,1H3,(H,28,31). The molecule has 1 aromatic carbocycles. The van der Waals surface area contributed by atoms with Crippen molar-refractivity contribution in [3.63, 3.8) is 0 Å². The number of rotatable bonds is 18. The third-order valence-electron chi connectivity index (χ3n) is 5.24. The molecular weight excluding hydrogens is 452 g/mol. The van der Waals surface area contributed by atoms with E-state index in [9.17, 15) is 14.4 Å². The van der Waals surface area contributed by atoms with Crippen LogP contribution in [0.5, 0.6) is 0 Å². The molecule has 0 aliphatic heterocycles. The summed E-state index contributed by atoms with van der Waals surface area (Å²) in [4.78, 5) is 37.3. The first-order valence-electron chi connectivity index (χ1n) is 11.9. The highest BCUT2D eigenvalue weighted by Gasteiger charge is 2.13. The third-order valence-corrected chi connectivity index (χ3v) is 6.41. The van der Waals surface area contributed by atoms with Gasteiger partial charge in [-0.25, -0.2) is 0 Å². The van der Waals surface area contributed by atoms with Gasteiger partial charge in [0, 0.05) is 25.1 Å². The van der Waals surface area contributed by atoms with E-state index >= 15 is 0 Å². The van der Waals surface area contributed by atoms with Crippen molar-refractivity contribution in [1.29, 1.82) is 0 Å². The van der Waals surface area contributed by atoms with E-state index in [1.54, 1.807) is 24.3 Å². The number of benzene rings is 1. The highest BCUT2D eigenvalue weighted by atomic mass is 32.1. The molecule has 0 aliphatic carbocycles. The molecule has 2 aromatic rings. The van der Waals surface area contributed by atoms with E-state index in [1.807, 2.05) is 12.1 Å². The number of Topliss-reactive ketones (excluding diaryl/α,β-unsaturated/α-hetero) is 2. The average Bonchev–Trinajstić information content (AvgIpc) is 3.36. The summed E-state index contributed by atoms with van der Waals surface area (Å²) in [6, 6.07) is 10.5. The molecule has 0 unspecified atom stereocenters. The van der Waals surface area contributed by atoms with Crippen LogP contribution >= 0.6 is 11.3 Å². The van der Waals surface area contributed by atoms with Crippen molar-refractivity contribution in [3.05, 3.63) is 57.3 Å². The highest BCUT2D eigenvalue weighted by molar-refractivity contribution is 7.16. The Morgan fingerprint density at radius 3 is 2.21 bits per heavy atom. The molecule has 0 bridgehead atoms. The van der Waals surface area contributed by atoms with Gasteiger partial charge in [0.05, 0.1) is 36.1 Å². The predicted molar refractivity (Wildman–Crippen MR) is 135 cm³/mol. The fourth-order valence-corrected chi connectivity index (χ4v) is 4.16. The summed E-state index contributed by atoms with van der Waals surface area (Å²) >= 11 is 1.18. The normalized spacial score (nSPS) is 10.9. The summed E-state index contributed by atoms with van der Waals surface area (Å²) in [5.74, 6) is -0.328. The van der Waals surface area contributed by atoms with Crippen molar-refractivity contribution in [2.45, 2.75) is 45.4 Å². The lowest BCUT2D eigenvalue weighted by atomic mass is 10.0. The van der Waals surface area contributed by atoms with Crippen LogP contribution in [0.2, 0.25) is 0 Å². The van der Waals surface area contributed by atoms with Gasteiger partial charge < -0.3 is 20.5 Å². The summed E-state index contributed by atoms with van der Waals surface area (Å²) in [6.07, 6.45) is 5.66.